The van der Waals surface area contributed by atoms with Crippen LogP contribution < -0.4 is 9.46 Å². The number of anilines is 1. The van der Waals surface area contributed by atoms with Gasteiger partial charge in [-0.2, -0.15) is 13.2 Å². The molecule has 0 unspecified atom stereocenters. The predicted octanol–water partition coefficient (Wildman–Crippen LogP) is 4.93. The molecule has 10 heteroatoms. The Morgan fingerprint density at radius 1 is 1.17 bits per heavy atom. The Morgan fingerprint density at radius 3 is 2.42 bits per heavy atom. The van der Waals surface area contributed by atoms with Gasteiger partial charge in [0.2, 0.25) is 0 Å². The number of sulfonamides is 1. The largest absolute Gasteiger partial charge is 0.495 e. The average molecular weight is 445 g/mol. The van der Waals surface area contributed by atoms with Gasteiger partial charge in [0, 0.05) is 4.47 Å². The number of rotatable bonds is 4. The number of methoxy groups -OCH3 is 1. The van der Waals surface area contributed by atoms with Crippen molar-refractivity contribution < 1.29 is 26.3 Å². The Hall–Kier alpha value is -1.45. The van der Waals surface area contributed by atoms with Gasteiger partial charge in [0.1, 0.15) is 10.6 Å². The van der Waals surface area contributed by atoms with Crippen LogP contribution in [0.3, 0.4) is 0 Å². The Balaban J connectivity index is 2.49. The first-order chi connectivity index (χ1) is 11.0. The van der Waals surface area contributed by atoms with E-state index in [-0.39, 0.29) is 21.4 Å². The molecule has 0 aliphatic rings. The van der Waals surface area contributed by atoms with E-state index in [2.05, 4.69) is 20.7 Å². The molecule has 2 aromatic carbocycles. The van der Waals surface area contributed by atoms with Gasteiger partial charge < -0.3 is 4.74 Å². The molecule has 0 fully saturated rings. The third-order valence-electron chi connectivity index (χ3n) is 2.95. The lowest BCUT2D eigenvalue weighted by atomic mass is 10.2. The number of hydrogen-bond acceptors (Lipinski definition) is 3. The van der Waals surface area contributed by atoms with Crippen LogP contribution in [-0.2, 0) is 16.2 Å². The van der Waals surface area contributed by atoms with Gasteiger partial charge in [0.05, 0.1) is 23.4 Å². The highest BCUT2D eigenvalue weighted by molar-refractivity contribution is 9.10. The van der Waals surface area contributed by atoms with Crippen molar-refractivity contribution in [1.29, 1.82) is 0 Å². The predicted molar refractivity (Wildman–Crippen MR) is 88.0 cm³/mol. The maximum Gasteiger partial charge on any atom is 0.416 e. The summed E-state index contributed by atoms with van der Waals surface area (Å²) in [5, 5.41) is -0.166. The molecule has 130 valence electrons. The lowest BCUT2D eigenvalue weighted by molar-refractivity contribution is -0.137. The fourth-order valence-corrected chi connectivity index (χ4v) is 3.84. The molecule has 0 bridgehead atoms. The van der Waals surface area contributed by atoms with Crippen molar-refractivity contribution in [2.24, 2.45) is 0 Å². The number of halogens is 5. The maximum atomic E-state index is 12.8. The number of nitrogens with one attached hydrogen (secondary N) is 1. The van der Waals surface area contributed by atoms with Crippen LogP contribution in [0.4, 0.5) is 18.9 Å². The van der Waals surface area contributed by atoms with E-state index in [9.17, 15) is 21.6 Å². The summed E-state index contributed by atoms with van der Waals surface area (Å²) in [5.41, 5.74) is -1.40. The van der Waals surface area contributed by atoms with Gasteiger partial charge in [-0.3, -0.25) is 4.72 Å². The highest BCUT2D eigenvalue weighted by atomic mass is 79.9. The monoisotopic (exact) mass is 443 g/mol. The van der Waals surface area contributed by atoms with Crippen molar-refractivity contribution >= 4 is 43.2 Å². The molecule has 0 aliphatic carbocycles. The van der Waals surface area contributed by atoms with Crippen LogP contribution in [0, 0.1) is 0 Å². The Kier molecular flexibility index (Phi) is 5.36. The minimum absolute atomic E-state index is 0.0359. The van der Waals surface area contributed by atoms with Crippen LogP contribution in [0.5, 0.6) is 5.75 Å². The quantitative estimate of drug-likeness (QED) is 0.727. The molecule has 0 atom stereocenters. The summed E-state index contributed by atoms with van der Waals surface area (Å²) in [7, 11) is -2.94. The molecule has 2 aromatic rings. The number of alkyl halides is 3. The van der Waals surface area contributed by atoms with Crippen molar-refractivity contribution in [1.82, 2.24) is 0 Å². The standard InChI is InChI=1S/C14H10BrClF3NO3S/c1-23-12-5-3-9(15)7-13(12)24(21,22)20-11-6-8(14(17,18)19)2-4-10(11)16/h2-7,20H,1H3. The second kappa shape index (κ2) is 6.81. The molecule has 0 aromatic heterocycles. The molecule has 0 saturated carbocycles. The van der Waals surface area contributed by atoms with Crippen LogP contribution in [0.2, 0.25) is 5.02 Å². The highest BCUT2D eigenvalue weighted by Gasteiger charge is 2.31. The van der Waals surface area contributed by atoms with Gasteiger partial charge in [-0.25, -0.2) is 8.42 Å². The second-order valence-electron chi connectivity index (χ2n) is 4.59. The van der Waals surface area contributed by atoms with Crippen molar-refractivity contribution in [3.63, 3.8) is 0 Å². The molecule has 4 nitrogen and oxygen atoms in total. The van der Waals surface area contributed by atoms with E-state index in [1.54, 1.807) is 6.07 Å². The zero-order chi connectivity index (χ0) is 18.1. The van der Waals surface area contributed by atoms with Gasteiger partial charge >= 0.3 is 6.18 Å². The average Bonchev–Trinajstić information content (AvgIpc) is 2.48. The smallest absolute Gasteiger partial charge is 0.416 e. The summed E-state index contributed by atoms with van der Waals surface area (Å²) >= 11 is 8.94. The van der Waals surface area contributed by atoms with Gasteiger partial charge in [-0.15, -0.1) is 0 Å². The van der Waals surface area contributed by atoms with Gasteiger partial charge in [0.15, 0.2) is 0 Å². The molecule has 0 spiro atoms. The van der Waals surface area contributed by atoms with Crippen LogP contribution in [-0.4, -0.2) is 15.5 Å². The third-order valence-corrected chi connectivity index (χ3v) is 5.16. The molecule has 0 amide bonds. The summed E-state index contributed by atoms with van der Waals surface area (Å²) in [6.07, 6.45) is -4.63. The number of ether oxygens (including phenoxy) is 1. The lowest BCUT2D eigenvalue weighted by Crippen LogP contribution is -2.15. The number of benzene rings is 2. The first-order valence-corrected chi connectivity index (χ1v) is 8.93. The number of hydrogen-bond donors (Lipinski definition) is 1. The van der Waals surface area contributed by atoms with E-state index in [0.29, 0.717) is 10.5 Å². The minimum atomic E-state index is -4.63. The first-order valence-electron chi connectivity index (χ1n) is 6.27. The van der Waals surface area contributed by atoms with E-state index in [1.165, 1.54) is 19.2 Å². The first kappa shape index (κ1) is 18.9. The fourth-order valence-electron chi connectivity index (χ4n) is 1.84. The van der Waals surface area contributed by atoms with Crippen molar-refractivity contribution in [2.45, 2.75) is 11.1 Å². The molecule has 1 N–H and O–H groups in total. The Morgan fingerprint density at radius 2 is 1.83 bits per heavy atom. The molecular weight excluding hydrogens is 435 g/mol. The van der Waals surface area contributed by atoms with E-state index in [0.717, 1.165) is 12.1 Å². The van der Waals surface area contributed by atoms with E-state index in [1.807, 2.05) is 0 Å². The molecule has 0 heterocycles. The summed E-state index contributed by atoms with van der Waals surface area (Å²) in [6.45, 7) is 0. The van der Waals surface area contributed by atoms with Crippen molar-refractivity contribution in [3.8, 4) is 5.75 Å². The van der Waals surface area contributed by atoms with Crippen LogP contribution in [0.1, 0.15) is 5.56 Å². The zero-order valence-electron chi connectivity index (χ0n) is 12.0. The third kappa shape index (κ3) is 4.14. The topological polar surface area (TPSA) is 55.4 Å². The van der Waals surface area contributed by atoms with E-state index >= 15 is 0 Å². The molecule has 24 heavy (non-hydrogen) atoms. The Labute approximate surface area is 149 Å². The summed E-state index contributed by atoms with van der Waals surface area (Å²) in [5.74, 6) is 0.0359. The second-order valence-corrected chi connectivity index (χ2v) is 7.57. The van der Waals surface area contributed by atoms with Crippen LogP contribution >= 0.6 is 27.5 Å². The molecule has 0 radical (unpaired) electrons. The van der Waals surface area contributed by atoms with Crippen molar-refractivity contribution in [3.05, 3.63) is 51.5 Å². The lowest BCUT2D eigenvalue weighted by Gasteiger charge is -2.14. The van der Waals surface area contributed by atoms with Gasteiger partial charge in [0.25, 0.3) is 10.0 Å². The molecular formula is C14H10BrClF3NO3S. The zero-order valence-corrected chi connectivity index (χ0v) is 15.1. The highest BCUT2D eigenvalue weighted by Crippen LogP contribution is 2.35. The molecule has 0 saturated heterocycles. The van der Waals surface area contributed by atoms with Crippen LogP contribution in [0.25, 0.3) is 0 Å². The summed E-state index contributed by atoms with van der Waals surface area (Å²) < 4.78 is 70.8. The Bertz CT molecular complexity index is 872. The summed E-state index contributed by atoms with van der Waals surface area (Å²) in [6, 6.07) is 6.61. The fraction of sp³-hybridized carbons (Fsp3) is 0.143. The summed E-state index contributed by atoms with van der Waals surface area (Å²) in [4.78, 5) is -0.243. The minimum Gasteiger partial charge on any atom is -0.495 e. The molecule has 0 aliphatic heterocycles. The van der Waals surface area contributed by atoms with E-state index < -0.39 is 21.8 Å². The van der Waals surface area contributed by atoms with Gasteiger partial charge in [-0.1, -0.05) is 27.5 Å². The van der Waals surface area contributed by atoms with E-state index in [4.69, 9.17) is 16.3 Å². The SMILES string of the molecule is COc1ccc(Br)cc1S(=O)(=O)Nc1cc(C(F)(F)F)ccc1Cl. The molecule has 2 rings (SSSR count). The maximum absolute atomic E-state index is 12.8. The van der Waals surface area contributed by atoms with Gasteiger partial charge in [-0.05, 0) is 36.4 Å². The normalized spacial score (nSPS) is 12.1. The van der Waals surface area contributed by atoms with Crippen molar-refractivity contribution in [2.75, 3.05) is 11.8 Å². The van der Waals surface area contributed by atoms with Crippen LogP contribution in [0.15, 0.2) is 45.8 Å².